The molecular formula is C25H31N5O2S. The second kappa shape index (κ2) is 9.27. The first-order chi connectivity index (χ1) is 16.0. The monoisotopic (exact) mass is 465 g/mol. The number of amides is 1. The van der Waals surface area contributed by atoms with Gasteiger partial charge in [0.25, 0.3) is 0 Å². The Morgan fingerprint density at radius 2 is 1.85 bits per heavy atom. The average molecular weight is 466 g/mol. The molecule has 0 atom stereocenters. The fourth-order valence-electron chi connectivity index (χ4n) is 5.04. The Kier molecular flexibility index (Phi) is 6.21. The minimum absolute atomic E-state index is 0.0986. The number of benzene rings is 1. The molecule has 0 unspecified atom stereocenters. The van der Waals surface area contributed by atoms with Crippen LogP contribution in [0.25, 0.3) is 10.2 Å². The third-order valence-electron chi connectivity index (χ3n) is 7.09. The number of carbonyl (C=O) groups is 1. The first-order valence-electron chi connectivity index (χ1n) is 11.7. The number of thiophene rings is 1. The first-order valence-corrected chi connectivity index (χ1v) is 12.6. The standard InChI is InChI=1S/C25H31N5O2S/c1-17-18(2)33-24-22(17)23(26-16-27-24)29-8-6-20(7-9-29)25(32)30-12-10-28(11-13-30)15-19-4-3-5-21(31)14-19/h3-5,14,16,20,31H,6-13,15H2,1-2H3. The van der Waals surface area contributed by atoms with Gasteiger partial charge < -0.3 is 14.9 Å². The minimum atomic E-state index is 0.0986. The van der Waals surface area contributed by atoms with Crippen LogP contribution < -0.4 is 4.90 Å². The molecule has 0 radical (unpaired) electrons. The highest BCUT2D eigenvalue weighted by molar-refractivity contribution is 7.18. The Balaban J connectivity index is 1.16. The van der Waals surface area contributed by atoms with Crippen molar-refractivity contribution in [3.8, 4) is 5.75 Å². The number of hydrogen-bond acceptors (Lipinski definition) is 7. The van der Waals surface area contributed by atoms with Gasteiger partial charge in [0.2, 0.25) is 5.91 Å². The van der Waals surface area contributed by atoms with Gasteiger partial charge in [0.1, 0.15) is 22.7 Å². The van der Waals surface area contributed by atoms with E-state index in [2.05, 4.69) is 38.5 Å². The zero-order valence-electron chi connectivity index (χ0n) is 19.3. The van der Waals surface area contributed by atoms with Crippen LogP contribution in [0.4, 0.5) is 5.82 Å². The molecule has 4 heterocycles. The highest BCUT2D eigenvalue weighted by atomic mass is 32.1. The molecule has 174 valence electrons. The van der Waals surface area contributed by atoms with Crippen LogP contribution in [0, 0.1) is 19.8 Å². The fourth-order valence-corrected chi connectivity index (χ4v) is 6.03. The van der Waals surface area contributed by atoms with Gasteiger partial charge in [-0.1, -0.05) is 12.1 Å². The van der Waals surface area contributed by atoms with Crippen LogP contribution in [0.5, 0.6) is 5.75 Å². The molecule has 2 saturated heterocycles. The zero-order chi connectivity index (χ0) is 22.9. The maximum absolute atomic E-state index is 13.2. The molecule has 0 spiro atoms. The molecule has 1 N–H and O–H groups in total. The van der Waals surface area contributed by atoms with Crippen molar-refractivity contribution in [2.45, 2.75) is 33.2 Å². The van der Waals surface area contributed by atoms with Crippen LogP contribution >= 0.6 is 11.3 Å². The largest absolute Gasteiger partial charge is 0.508 e. The smallest absolute Gasteiger partial charge is 0.225 e. The van der Waals surface area contributed by atoms with Crippen molar-refractivity contribution >= 4 is 33.3 Å². The first kappa shape index (κ1) is 22.1. The summed E-state index contributed by atoms with van der Waals surface area (Å²) in [7, 11) is 0. The summed E-state index contributed by atoms with van der Waals surface area (Å²) >= 11 is 1.73. The van der Waals surface area contributed by atoms with E-state index in [-0.39, 0.29) is 5.92 Å². The summed E-state index contributed by atoms with van der Waals surface area (Å²) in [6, 6.07) is 7.43. The van der Waals surface area contributed by atoms with Crippen molar-refractivity contribution in [1.82, 2.24) is 19.8 Å². The lowest BCUT2D eigenvalue weighted by molar-refractivity contribution is -0.138. The molecule has 2 aromatic heterocycles. The summed E-state index contributed by atoms with van der Waals surface area (Å²) < 4.78 is 0. The molecule has 0 saturated carbocycles. The second-order valence-electron chi connectivity index (χ2n) is 9.19. The normalized spacial score (nSPS) is 18.2. The van der Waals surface area contributed by atoms with Crippen molar-refractivity contribution in [2.24, 2.45) is 5.92 Å². The fraction of sp³-hybridized carbons (Fsp3) is 0.480. The van der Waals surface area contributed by atoms with E-state index in [1.54, 1.807) is 23.7 Å². The van der Waals surface area contributed by atoms with Crippen molar-refractivity contribution in [3.63, 3.8) is 0 Å². The van der Waals surface area contributed by atoms with E-state index in [0.29, 0.717) is 11.7 Å². The van der Waals surface area contributed by atoms with Gasteiger partial charge in [0.05, 0.1) is 5.39 Å². The Morgan fingerprint density at radius 3 is 2.58 bits per heavy atom. The molecular weight excluding hydrogens is 434 g/mol. The average Bonchev–Trinajstić information content (AvgIpc) is 3.13. The number of phenolic OH excluding ortho intramolecular Hbond substituents is 1. The topological polar surface area (TPSA) is 72.8 Å². The van der Waals surface area contributed by atoms with Crippen LogP contribution in [-0.2, 0) is 11.3 Å². The summed E-state index contributed by atoms with van der Waals surface area (Å²) in [5.74, 6) is 1.73. The number of rotatable bonds is 4. The van der Waals surface area contributed by atoms with E-state index < -0.39 is 0 Å². The molecule has 0 bridgehead atoms. The van der Waals surface area contributed by atoms with E-state index in [1.165, 1.54) is 15.8 Å². The molecule has 7 nitrogen and oxygen atoms in total. The van der Waals surface area contributed by atoms with Gasteiger partial charge in [-0.25, -0.2) is 9.97 Å². The Bertz CT molecular complexity index is 1150. The highest BCUT2D eigenvalue weighted by Crippen LogP contribution is 2.35. The number of aromatic hydroxyl groups is 1. The molecule has 2 fully saturated rings. The van der Waals surface area contributed by atoms with Gasteiger partial charge in [-0.2, -0.15) is 0 Å². The second-order valence-corrected chi connectivity index (χ2v) is 10.4. The molecule has 3 aromatic rings. The molecule has 8 heteroatoms. The van der Waals surface area contributed by atoms with E-state index in [9.17, 15) is 9.90 Å². The predicted octanol–water partition coefficient (Wildman–Crippen LogP) is 3.57. The maximum Gasteiger partial charge on any atom is 0.225 e. The van der Waals surface area contributed by atoms with Crippen LogP contribution in [-0.4, -0.2) is 70.1 Å². The van der Waals surface area contributed by atoms with Crippen LogP contribution in [0.1, 0.15) is 28.8 Å². The van der Waals surface area contributed by atoms with E-state index in [4.69, 9.17) is 0 Å². The number of fused-ring (bicyclic) bond motifs is 1. The van der Waals surface area contributed by atoms with Crippen molar-refractivity contribution in [2.75, 3.05) is 44.2 Å². The van der Waals surface area contributed by atoms with Gasteiger partial charge in [0, 0.05) is 56.6 Å². The Labute approximate surface area is 198 Å². The quantitative estimate of drug-likeness (QED) is 0.635. The Hall–Kier alpha value is -2.71. The molecule has 33 heavy (non-hydrogen) atoms. The number of aromatic nitrogens is 2. The summed E-state index contributed by atoms with van der Waals surface area (Å²) in [6.45, 7) is 10.1. The molecule has 1 aromatic carbocycles. The lowest BCUT2D eigenvalue weighted by atomic mass is 9.94. The number of hydrogen-bond donors (Lipinski definition) is 1. The summed E-state index contributed by atoms with van der Waals surface area (Å²) in [6.07, 6.45) is 3.41. The van der Waals surface area contributed by atoms with Gasteiger partial charge >= 0.3 is 0 Å². The highest BCUT2D eigenvalue weighted by Gasteiger charge is 2.31. The van der Waals surface area contributed by atoms with Gasteiger partial charge in [-0.05, 0) is 49.9 Å². The summed E-state index contributed by atoms with van der Waals surface area (Å²) in [4.78, 5) is 31.4. The maximum atomic E-state index is 13.2. The number of carbonyl (C=O) groups excluding carboxylic acids is 1. The van der Waals surface area contributed by atoms with E-state index in [1.807, 2.05) is 18.2 Å². The van der Waals surface area contributed by atoms with Crippen LogP contribution in [0.3, 0.4) is 0 Å². The van der Waals surface area contributed by atoms with Crippen molar-refractivity contribution in [3.05, 3.63) is 46.6 Å². The van der Waals surface area contributed by atoms with E-state index in [0.717, 1.165) is 74.9 Å². The van der Waals surface area contributed by atoms with Crippen LogP contribution in [0.2, 0.25) is 0 Å². The van der Waals surface area contributed by atoms with E-state index >= 15 is 0 Å². The number of anilines is 1. The number of aryl methyl sites for hydroxylation is 2. The third kappa shape index (κ3) is 4.54. The zero-order valence-corrected chi connectivity index (χ0v) is 20.1. The molecule has 0 aliphatic carbocycles. The Morgan fingerprint density at radius 1 is 1.09 bits per heavy atom. The lowest BCUT2D eigenvalue weighted by Gasteiger charge is -2.39. The number of phenols is 1. The summed E-state index contributed by atoms with van der Waals surface area (Å²) in [5, 5.41) is 10.9. The summed E-state index contributed by atoms with van der Waals surface area (Å²) in [5.41, 5.74) is 2.38. The van der Waals surface area contributed by atoms with Gasteiger partial charge in [0.15, 0.2) is 0 Å². The van der Waals surface area contributed by atoms with Crippen molar-refractivity contribution < 1.29 is 9.90 Å². The number of piperazine rings is 1. The SMILES string of the molecule is Cc1sc2ncnc(N3CCC(C(=O)N4CCN(Cc5cccc(O)c5)CC4)CC3)c2c1C. The van der Waals surface area contributed by atoms with Crippen LogP contribution in [0.15, 0.2) is 30.6 Å². The molecule has 2 aliphatic rings. The van der Waals surface area contributed by atoms with Crippen molar-refractivity contribution in [1.29, 1.82) is 0 Å². The molecule has 1 amide bonds. The lowest BCUT2D eigenvalue weighted by Crippen LogP contribution is -2.51. The molecule has 2 aliphatic heterocycles. The predicted molar refractivity (Wildman–Crippen MR) is 132 cm³/mol. The number of nitrogens with zero attached hydrogens (tertiary/aromatic N) is 5. The number of piperidine rings is 1. The third-order valence-corrected chi connectivity index (χ3v) is 8.21. The molecule has 5 rings (SSSR count). The minimum Gasteiger partial charge on any atom is -0.508 e. The van der Waals surface area contributed by atoms with Gasteiger partial charge in [-0.3, -0.25) is 9.69 Å². The van der Waals surface area contributed by atoms with Gasteiger partial charge in [-0.15, -0.1) is 11.3 Å².